The van der Waals surface area contributed by atoms with Gasteiger partial charge in [-0.2, -0.15) is 9.21 Å². The number of hydrogen-bond donors (Lipinski definition) is 0. The van der Waals surface area contributed by atoms with E-state index in [2.05, 4.69) is 5.18 Å². The zero-order chi connectivity index (χ0) is 11.7. The molecular weight excluding hydrogens is 216 g/mol. The van der Waals surface area contributed by atoms with Gasteiger partial charge in [-0.3, -0.25) is 0 Å². The van der Waals surface area contributed by atoms with Gasteiger partial charge < -0.3 is 0 Å². The second kappa shape index (κ2) is 4.17. The highest BCUT2D eigenvalue weighted by molar-refractivity contribution is 7.89. The molecule has 0 saturated carbocycles. The Labute approximate surface area is 90.9 Å². The minimum Gasteiger partial charge on any atom is -0.212 e. The van der Waals surface area contributed by atoms with Gasteiger partial charge in [0, 0.05) is 13.1 Å². The van der Waals surface area contributed by atoms with Crippen molar-refractivity contribution in [3.8, 4) is 0 Å². The minimum atomic E-state index is -3.12. The standard InChI is InChI=1S/C9H18N2O3S/c1-9(2,3)8(10-12)7-11-5-4-6-15(11,13)14/h8H,4-7H2,1-3H3/t8-/m1/s1. The summed E-state index contributed by atoms with van der Waals surface area (Å²) in [4.78, 5) is 10.7. The summed E-state index contributed by atoms with van der Waals surface area (Å²) in [6.07, 6.45) is 0.651. The molecule has 0 N–H and O–H groups in total. The average Bonchev–Trinajstić information content (AvgIpc) is 2.39. The topological polar surface area (TPSA) is 66.8 Å². The number of nitroso groups, excluding NO2 is 1. The van der Waals surface area contributed by atoms with Crippen molar-refractivity contribution in [3.63, 3.8) is 0 Å². The summed E-state index contributed by atoms with van der Waals surface area (Å²) >= 11 is 0. The fourth-order valence-electron chi connectivity index (χ4n) is 1.55. The molecule has 0 unspecified atom stereocenters. The predicted molar refractivity (Wildman–Crippen MR) is 59.0 cm³/mol. The maximum absolute atomic E-state index is 11.5. The lowest BCUT2D eigenvalue weighted by molar-refractivity contribution is 0.271. The highest BCUT2D eigenvalue weighted by atomic mass is 32.2. The quantitative estimate of drug-likeness (QED) is 0.689. The zero-order valence-electron chi connectivity index (χ0n) is 9.43. The maximum atomic E-state index is 11.5. The van der Waals surface area contributed by atoms with Crippen LogP contribution in [0.1, 0.15) is 27.2 Å². The summed E-state index contributed by atoms with van der Waals surface area (Å²) < 4.78 is 24.4. The van der Waals surface area contributed by atoms with E-state index in [4.69, 9.17) is 0 Å². The van der Waals surface area contributed by atoms with Crippen LogP contribution in [0.15, 0.2) is 5.18 Å². The molecule has 15 heavy (non-hydrogen) atoms. The Balaban J connectivity index is 2.72. The lowest BCUT2D eigenvalue weighted by atomic mass is 9.87. The number of nitrogens with zero attached hydrogens (tertiary/aromatic N) is 2. The largest absolute Gasteiger partial charge is 0.214 e. The Morgan fingerprint density at radius 1 is 1.40 bits per heavy atom. The molecule has 1 rings (SSSR count). The molecule has 5 nitrogen and oxygen atoms in total. The van der Waals surface area contributed by atoms with Crippen molar-refractivity contribution in [2.75, 3.05) is 18.8 Å². The molecule has 0 aliphatic carbocycles. The molecule has 1 saturated heterocycles. The summed E-state index contributed by atoms with van der Waals surface area (Å²) in [7, 11) is -3.12. The summed E-state index contributed by atoms with van der Waals surface area (Å²) in [6.45, 7) is 6.41. The minimum absolute atomic E-state index is 0.197. The number of sulfonamides is 1. The van der Waals surface area contributed by atoms with E-state index in [1.807, 2.05) is 20.8 Å². The van der Waals surface area contributed by atoms with Crippen molar-refractivity contribution in [1.29, 1.82) is 0 Å². The predicted octanol–water partition coefficient (Wildman–Crippen LogP) is 1.20. The SMILES string of the molecule is CC(C)(C)[C@@H](CN1CCCS1(=O)=O)N=O. The van der Waals surface area contributed by atoms with Crippen molar-refractivity contribution < 1.29 is 8.42 Å². The Hall–Kier alpha value is -0.490. The second-order valence-electron chi connectivity index (χ2n) is 5.01. The van der Waals surface area contributed by atoms with Gasteiger partial charge >= 0.3 is 0 Å². The highest BCUT2D eigenvalue weighted by Gasteiger charge is 2.35. The smallest absolute Gasteiger partial charge is 0.212 e. The number of rotatable bonds is 3. The van der Waals surface area contributed by atoms with Crippen LogP contribution in [0, 0.1) is 10.3 Å². The van der Waals surface area contributed by atoms with Gasteiger partial charge in [0.05, 0.1) is 5.75 Å². The first-order chi connectivity index (χ1) is 6.77. The fourth-order valence-corrected chi connectivity index (χ4v) is 3.08. The molecule has 88 valence electrons. The molecule has 6 heteroatoms. The van der Waals surface area contributed by atoms with Crippen LogP contribution in [0.3, 0.4) is 0 Å². The Kier molecular flexibility index (Phi) is 3.50. The Morgan fingerprint density at radius 3 is 2.33 bits per heavy atom. The third kappa shape index (κ3) is 2.98. The lowest BCUT2D eigenvalue weighted by Gasteiger charge is -2.27. The van der Waals surface area contributed by atoms with E-state index in [0.717, 1.165) is 0 Å². The van der Waals surface area contributed by atoms with Crippen LogP contribution in [0.5, 0.6) is 0 Å². The van der Waals surface area contributed by atoms with Crippen molar-refractivity contribution in [2.24, 2.45) is 10.6 Å². The molecule has 0 aromatic heterocycles. The van der Waals surface area contributed by atoms with Gasteiger partial charge in [0.2, 0.25) is 10.0 Å². The van der Waals surface area contributed by atoms with Crippen molar-refractivity contribution in [2.45, 2.75) is 33.2 Å². The van der Waals surface area contributed by atoms with Crippen LogP contribution in [0.2, 0.25) is 0 Å². The summed E-state index contributed by atoms with van der Waals surface area (Å²) in [5, 5.41) is 3.03. The van der Waals surface area contributed by atoms with Gasteiger partial charge in [-0.05, 0) is 11.8 Å². The zero-order valence-corrected chi connectivity index (χ0v) is 10.2. The third-order valence-corrected chi connectivity index (χ3v) is 4.63. The molecule has 0 amide bonds. The average molecular weight is 234 g/mol. The van der Waals surface area contributed by atoms with Gasteiger partial charge in [0.15, 0.2) is 0 Å². The van der Waals surface area contributed by atoms with Gasteiger partial charge in [0.1, 0.15) is 6.04 Å². The molecule has 0 bridgehead atoms. The van der Waals surface area contributed by atoms with Crippen LogP contribution in [0.25, 0.3) is 0 Å². The van der Waals surface area contributed by atoms with Crippen LogP contribution >= 0.6 is 0 Å². The lowest BCUT2D eigenvalue weighted by Crippen LogP contribution is -2.39. The normalized spacial score (nSPS) is 23.9. The van der Waals surface area contributed by atoms with Crippen LogP contribution in [0.4, 0.5) is 0 Å². The van der Waals surface area contributed by atoms with Gasteiger partial charge in [-0.25, -0.2) is 8.42 Å². The van der Waals surface area contributed by atoms with E-state index >= 15 is 0 Å². The first kappa shape index (κ1) is 12.6. The van der Waals surface area contributed by atoms with Gasteiger partial charge in [-0.1, -0.05) is 25.9 Å². The van der Waals surface area contributed by atoms with E-state index in [0.29, 0.717) is 13.0 Å². The first-order valence-electron chi connectivity index (χ1n) is 5.07. The molecule has 1 aliphatic heterocycles. The van der Waals surface area contributed by atoms with Gasteiger partial charge in [0.25, 0.3) is 0 Å². The van der Waals surface area contributed by atoms with Crippen LogP contribution in [-0.4, -0.2) is 37.6 Å². The van der Waals surface area contributed by atoms with Crippen molar-refractivity contribution >= 4 is 10.0 Å². The van der Waals surface area contributed by atoms with Gasteiger partial charge in [-0.15, -0.1) is 0 Å². The summed E-state index contributed by atoms with van der Waals surface area (Å²) in [5.74, 6) is 0.197. The maximum Gasteiger partial charge on any atom is 0.214 e. The second-order valence-corrected chi connectivity index (χ2v) is 7.10. The highest BCUT2D eigenvalue weighted by Crippen LogP contribution is 2.25. The molecule has 0 spiro atoms. The Morgan fingerprint density at radius 2 is 2.00 bits per heavy atom. The van der Waals surface area contributed by atoms with Crippen LogP contribution < -0.4 is 0 Å². The molecule has 1 fully saturated rings. The first-order valence-corrected chi connectivity index (χ1v) is 6.68. The fraction of sp³-hybridized carbons (Fsp3) is 1.00. The summed E-state index contributed by atoms with van der Waals surface area (Å²) in [6, 6.07) is -0.481. The molecule has 0 aromatic carbocycles. The van der Waals surface area contributed by atoms with E-state index in [1.54, 1.807) is 0 Å². The molecule has 1 atom stereocenters. The van der Waals surface area contributed by atoms with E-state index in [9.17, 15) is 13.3 Å². The monoisotopic (exact) mass is 234 g/mol. The molecule has 0 aromatic rings. The molecule has 0 radical (unpaired) electrons. The molecular formula is C9H18N2O3S. The Bertz CT molecular complexity index is 332. The number of hydrogen-bond acceptors (Lipinski definition) is 4. The van der Waals surface area contributed by atoms with E-state index in [1.165, 1.54) is 4.31 Å². The van der Waals surface area contributed by atoms with Crippen molar-refractivity contribution in [1.82, 2.24) is 4.31 Å². The summed E-state index contributed by atoms with van der Waals surface area (Å²) in [5.41, 5.74) is -0.292. The third-order valence-electron chi connectivity index (χ3n) is 2.71. The van der Waals surface area contributed by atoms with E-state index < -0.39 is 16.1 Å². The van der Waals surface area contributed by atoms with Crippen molar-refractivity contribution in [3.05, 3.63) is 4.91 Å². The molecule has 1 aliphatic rings. The van der Waals surface area contributed by atoms with E-state index in [-0.39, 0.29) is 17.7 Å². The van der Waals surface area contributed by atoms with Crippen LogP contribution in [-0.2, 0) is 10.0 Å². The molecule has 1 heterocycles.